The van der Waals surface area contributed by atoms with Gasteiger partial charge in [-0.2, -0.15) is 26.3 Å². The molecule has 14 heteroatoms. The summed E-state index contributed by atoms with van der Waals surface area (Å²) in [5, 5.41) is 13.3. The number of ether oxygens (including phenoxy) is 3. The highest BCUT2D eigenvalue weighted by atomic mass is 19.4. The predicted octanol–water partition coefficient (Wildman–Crippen LogP) is 8.05. The molecule has 0 bridgehead atoms. The molecule has 2 aliphatic carbocycles. The van der Waals surface area contributed by atoms with Gasteiger partial charge in [-0.1, -0.05) is 58.6 Å². The molecule has 3 unspecified atom stereocenters. The third kappa shape index (κ3) is 6.61. The zero-order chi connectivity index (χ0) is 35.8. The Hall–Kier alpha value is -3.42. The third-order valence-corrected chi connectivity index (χ3v) is 10.5. The molecule has 1 aromatic carbocycles. The fourth-order valence-corrected chi connectivity index (χ4v) is 7.90. The summed E-state index contributed by atoms with van der Waals surface area (Å²) in [5.74, 6) is -1.31. The van der Waals surface area contributed by atoms with Gasteiger partial charge in [0.2, 0.25) is 6.79 Å². The van der Waals surface area contributed by atoms with Crippen LogP contribution in [0.5, 0.6) is 11.5 Å². The maximum Gasteiger partial charge on any atom is 0.430 e. The fourth-order valence-electron chi connectivity index (χ4n) is 7.90. The Labute approximate surface area is 281 Å². The molecule has 0 radical (unpaired) electrons. The molecule has 49 heavy (non-hydrogen) atoms. The Morgan fingerprint density at radius 3 is 2.31 bits per heavy atom. The van der Waals surface area contributed by atoms with E-state index in [0.29, 0.717) is 61.3 Å². The van der Waals surface area contributed by atoms with Crippen LogP contribution in [0.4, 0.5) is 31.1 Å². The van der Waals surface area contributed by atoms with Crippen LogP contribution in [0.25, 0.3) is 0 Å². The second kappa shape index (κ2) is 14.1. The number of hydrogen-bond donors (Lipinski definition) is 2. The van der Waals surface area contributed by atoms with Gasteiger partial charge in [0, 0.05) is 12.5 Å². The van der Waals surface area contributed by atoms with Gasteiger partial charge in [0.25, 0.3) is 11.5 Å². The summed E-state index contributed by atoms with van der Waals surface area (Å²) in [6.45, 7) is 5.10. The van der Waals surface area contributed by atoms with E-state index in [1.54, 1.807) is 32.0 Å². The van der Waals surface area contributed by atoms with Crippen molar-refractivity contribution in [3.05, 3.63) is 46.7 Å². The number of urea groups is 1. The van der Waals surface area contributed by atoms with Gasteiger partial charge >= 0.3 is 18.4 Å². The predicted molar refractivity (Wildman–Crippen MR) is 166 cm³/mol. The van der Waals surface area contributed by atoms with Crippen LogP contribution in [0.3, 0.4) is 0 Å². The minimum Gasteiger partial charge on any atom is -0.497 e. The van der Waals surface area contributed by atoms with E-state index < -0.39 is 52.8 Å². The summed E-state index contributed by atoms with van der Waals surface area (Å²) in [7, 11) is 0. The number of imide groups is 1. The molecule has 8 nitrogen and oxygen atoms in total. The van der Waals surface area contributed by atoms with Gasteiger partial charge in [-0.05, 0) is 79.2 Å². The topological polar surface area (TPSA) is 97.3 Å². The zero-order valence-corrected chi connectivity index (χ0v) is 27.9. The van der Waals surface area contributed by atoms with Crippen molar-refractivity contribution in [1.82, 2.24) is 10.2 Å². The first-order chi connectivity index (χ1) is 23.1. The van der Waals surface area contributed by atoms with Crippen molar-refractivity contribution in [1.29, 1.82) is 0 Å². The highest BCUT2D eigenvalue weighted by Crippen LogP contribution is 2.55. The lowest BCUT2D eigenvalue weighted by molar-refractivity contribution is -0.354. The van der Waals surface area contributed by atoms with Crippen molar-refractivity contribution in [2.45, 2.75) is 108 Å². The monoisotopic (exact) mass is 702 g/mol. The number of benzene rings is 1. The Balaban J connectivity index is 1.34. The van der Waals surface area contributed by atoms with Gasteiger partial charge in [0.15, 0.2) is 11.5 Å². The number of allylic oxidation sites excluding steroid dienone is 3. The number of halogens is 6. The number of amides is 3. The first-order valence-electron chi connectivity index (χ1n) is 17.1. The molecule has 4 aliphatic rings. The van der Waals surface area contributed by atoms with Crippen LogP contribution < -0.4 is 14.8 Å². The third-order valence-electron chi connectivity index (χ3n) is 10.5. The number of hydrogen-bond acceptors (Lipinski definition) is 6. The van der Waals surface area contributed by atoms with E-state index in [2.05, 4.69) is 5.32 Å². The van der Waals surface area contributed by atoms with Gasteiger partial charge in [0.05, 0.1) is 6.61 Å². The molecular formula is C35H44F6N2O6. The van der Waals surface area contributed by atoms with Crippen LogP contribution in [-0.2, 0) is 15.1 Å². The molecule has 1 saturated carbocycles. The van der Waals surface area contributed by atoms with Crippen molar-refractivity contribution in [3.8, 4) is 11.5 Å². The van der Waals surface area contributed by atoms with Crippen LogP contribution in [0.1, 0.15) is 90.5 Å². The van der Waals surface area contributed by atoms with Crippen LogP contribution in [0.2, 0.25) is 0 Å². The Morgan fingerprint density at radius 1 is 1.00 bits per heavy atom. The second-order valence-corrected chi connectivity index (χ2v) is 13.4. The SMILES string of the molecule is CCCC1=C(OCCCCN2C(=O)NC(CC)(c3ccc4c(c3)OCO4)C2=O)C(C2CCCCC2)C(C)C(C(O)(C(F)(F)F)C(F)(F)F)=C1. The molecule has 0 aromatic heterocycles. The summed E-state index contributed by atoms with van der Waals surface area (Å²) in [6.07, 6.45) is -5.73. The fraction of sp³-hybridized carbons (Fsp3) is 0.657. The smallest absolute Gasteiger partial charge is 0.430 e. The molecule has 2 heterocycles. The van der Waals surface area contributed by atoms with Gasteiger partial charge in [0.1, 0.15) is 11.3 Å². The van der Waals surface area contributed by atoms with Crippen molar-refractivity contribution in [2.24, 2.45) is 17.8 Å². The molecule has 5 rings (SSSR count). The molecule has 3 atom stereocenters. The molecule has 2 N–H and O–H groups in total. The summed E-state index contributed by atoms with van der Waals surface area (Å²) < 4.78 is 102. The number of nitrogens with one attached hydrogen (secondary N) is 1. The lowest BCUT2D eigenvalue weighted by Crippen LogP contribution is -2.60. The second-order valence-electron chi connectivity index (χ2n) is 13.4. The highest BCUT2D eigenvalue weighted by Gasteiger charge is 2.73. The number of fused-ring (bicyclic) bond motifs is 1. The van der Waals surface area contributed by atoms with Crippen LogP contribution in [0.15, 0.2) is 41.2 Å². The van der Waals surface area contributed by atoms with Crippen LogP contribution in [-0.4, -0.2) is 59.8 Å². The number of carbonyl (C=O) groups excluding carboxylic acids is 2. The van der Waals surface area contributed by atoms with Crippen LogP contribution in [0, 0.1) is 17.8 Å². The van der Waals surface area contributed by atoms with E-state index >= 15 is 0 Å². The Morgan fingerprint density at radius 2 is 1.67 bits per heavy atom. The van der Waals surface area contributed by atoms with Crippen molar-refractivity contribution in [3.63, 3.8) is 0 Å². The molecule has 2 aliphatic heterocycles. The lowest BCUT2D eigenvalue weighted by atomic mass is 9.65. The van der Waals surface area contributed by atoms with E-state index in [-0.39, 0.29) is 37.9 Å². The number of aliphatic hydroxyl groups is 1. The summed E-state index contributed by atoms with van der Waals surface area (Å²) >= 11 is 0. The normalized spacial score (nSPS) is 25.2. The van der Waals surface area contributed by atoms with Gasteiger partial charge in [-0.3, -0.25) is 9.69 Å². The average Bonchev–Trinajstić information content (AvgIpc) is 3.62. The standard InChI is InChI=1S/C35H44F6N2O6/c1-4-11-23-18-25(33(46,34(36,37)38)35(39,40)41)21(3)28(22-12-7-6-8-13-22)29(23)47-17-10-9-16-43-30(44)32(5-2,42-31(43)45)24-14-15-26-27(19-24)49-20-48-26/h14-15,18-19,21-22,28,46H,4-13,16-17,20H2,1-3H3,(H,42,45). The maximum absolute atomic E-state index is 14.1. The number of unbranched alkanes of at least 4 members (excludes halogenated alkanes) is 1. The van der Waals surface area contributed by atoms with Gasteiger partial charge in [-0.15, -0.1) is 0 Å². The molecule has 272 valence electrons. The highest BCUT2D eigenvalue weighted by molar-refractivity contribution is 6.07. The molecule has 0 spiro atoms. The van der Waals surface area contributed by atoms with E-state index in [4.69, 9.17) is 14.2 Å². The quantitative estimate of drug-likeness (QED) is 0.130. The van der Waals surface area contributed by atoms with E-state index in [1.165, 1.54) is 6.92 Å². The lowest BCUT2D eigenvalue weighted by Gasteiger charge is -2.45. The summed E-state index contributed by atoms with van der Waals surface area (Å²) in [5.41, 5.74) is -6.58. The minimum atomic E-state index is -5.98. The van der Waals surface area contributed by atoms with Crippen molar-refractivity contribution < 1.29 is 55.2 Å². The Bertz CT molecular complexity index is 1450. The summed E-state index contributed by atoms with van der Waals surface area (Å²) in [6, 6.07) is 4.54. The average molecular weight is 703 g/mol. The minimum absolute atomic E-state index is 0.0599. The number of rotatable bonds is 12. The Kier molecular flexibility index (Phi) is 10.6. The zero-order valence-electron chi connectivity index (χ0n) is 27.9. The molecule has 2 fully saturated rings. The molecule has 1 aromatic rings. The van der Waals surface area contributed by atoms with Gasteiger partial charge < -0.3 is 24.6 Å². The molecule has 3 amide bonds. The largest absolute Gasteiger partial charge is 0.497 e. The number of carbonyl (C=O) groups is 2. The first-order valence-corrected chi connectivity index (χ1v) is 17.1. The van der Waals surface area contributed by atoms with E-state index in [1.807, 2.05) is 0 Å². The maximum atomic E-state index is 14.1. The number of alkyl halides is 6. The molecular weight excluding hydrogens is 658 g/mol. The number of nitrogens with zero attached hydrogens (tertiary/aromatic N) is 1. The van der Waals surface area contributed by atoms with Crippen molar-refractivity contribution >= 4 is 11.9 Å². The van der Waals surface area contributed by atoms with E-state index in [0.717, 1.165) is 30.2 Å². The van der Waals surface area contributed by atoms with E-state index in [9.17, 15) is 41.0 Å². The van der Waals surface area contributed by atoms with Crippen LogP contribution >= 0.6 is 0 Å². The van der Waals surface area contributed by atoms with Gasteiger partial charge in [-0.25, -0.2) is 4.79 Å². The first kappa shape index (κ1) is 36.9. The van der Waals surface area contributed by atoms with Crippen molar-refractivity contribution in [2.75, 3.05) is 19.9 Å². The summed E-state index contributed by atoms with van der Waals surface area (Å²) in [4.78, 5) is 27.8. The molecule has 1 saturated heterocycles.